The van der Waals surface area contributed by atoms with Crippen molar-refractivity contribution < 1.29 is 10.2 Å². The Morgan fingerprint density at radius 1 is 0.923 bits per heavy atom. The van der Waals surface area contributed by atoms with Gasteiger partial charge in [0.15, 0.2) is 0 Å². The van der Waals surface area contributed by atoms with Crippen molar-refractivity contribution in [3.05, 3.63) is 64.2 Å². The van der Waals surface area contributed by atoms with Crippen LogP contribution in [0.3, 0.4) is 0 Å². The zero-order chi connectivity index (χ0) is 19.3. The number of phenols is 1. The van der Waals surface area contributed by atoms with Crippen LogP contribution in [0, 0.1) is 25.7 Å². The zero-order valence-corrected chi connectivity index (χ0v) is 16.6. The summed E-state index contributed by atoms with van der Waals surface area (Å²) < 4.78 is 0. The van der Waals surface area contributed by atoms with E-state index in [1.165, 1.54) is 11.1 Å². The molecular weight excluding hydrogens is 320 g/mol. The first-order chi connectivity index (χ1) is 12.4. The Morgan fingerprint density at radius 3 is 2.00 bits per heavy atom. The van der Waals surface area contributed by atoms with Crippen LogP contribution in [0.2, 0.25) is 0 Å². The van der Waals surface area contributed by atoms with Gasteiger partial charge in [-0.05, 0) is 67.5 Å². The fourth-order valence-corrected chi connectivity index (χ4v) is 3.55. The maximum atomic E-state index is 9.89. The van der Waals surface area contributed by atoms with Crippen LogP contribution in [-0.2, 0) is 5.41 Å². The fourth-order valence-electron chi connectivity index (χ4n) is 3.55. The molecule has 0 amide bonds. The highest BCUT2D eigenvalue weighted by Gasteiger charge is 2.31. The fraction of sp³-hybridized carbons (Fsp3) is 0.417. The van der Waals surface area contributed by atoms with Gasteiger partial charge in [-0.15, -0.1) is 0 Å². The maximum Gasteiger partial charge on any atom is 0.118 e. The van der Waals surface area contributed by atoms with Crippen LogP contribution in [0.15, 0.2) is 36.4 Å². The predicted octanol–water partition coefficient (Wildman–Crippen LogP) is 5.24. The summed E-state index contributed by atoms with van der Waals surface area (Å²) in [5.41, 5.74) is 5.41. The third kappa shape index (κ3) is 3.94. The van der Waals surface area contributed by atoms with E-state index in [1.54, 1.807) is 6.07 Å². The number of hydrogen-bond donors (Lipinski definition) is 2. The lowest BCUT2D eigenvalue weighted by Gasteiger charge is -2.34. The van der Waals surface area contributed by atoms with Crippen LogP contribution in [0.4, 0.5) is 0 Å². The van der Waals surface area contributed by atoms with E-state index in [4.69, 9.17) is 0 Å². The van der Waals surface area contributed by atoms with Gasteiger partial charge in [0.05, 0.1) is 0 Å². The Bertz CT molecular complexity index is 820. The third-order valence-corrected chi connectivity index (χ3v) is 5.50. The van der Waals surface area contributed by atoms with Crippen molar-refractivity contribution in [2.24, 2.45) is 0 Å². The molecule has 2 aromatic rings. The van der Waals surface area contributed by atoms with Gasteiger partial charge in [0, 0.05) is 11.0 Å². The molecule has 138 valence electrons. The van der Waals surface area contributed by atoms with Gasteiger partial charge in [0.1, 0.15) is 11.9 Å². The molecule has 0 aliphatic heterocycles. The number of aliphatic hydroxyl groups is 1. The second kappa shape index (κ2) is 8.43. The van der Waals surface area contributed by atoms with E-state index < -0.39 is 6.10 Å². The summed E-state index contributed by atoms with van der Waals surface area (Å²) in [4.78, 5) is 0. The number of phenolic OH excluding ortho intramolecular Hbond substituents is 1. The molecule has 0 saturated carbocycles. The molecule has 2 aromatic carbocycles. The lowest BCUT2D eigenvalue weighted by Crippen LogP contribution is -2.26. The molecule has 0 bridgehead atoms. The van der Waals surface area contributed by atoms with E-state index in [9.17, 15) is 10.2 Å². The van der Waals surface area contributed by atoms with Gasteiger partial charge in [0.2, 0.25) is 0 Å². The van der Waals surface area contributed by atoms with Crippen LogP contribution in [0.5, 0.6) is 5.75 Å². The van der Waals surface area contributed by atoms with Gasteiger partial charge < -0.3 is 10.2 Å². The molecular formula is C24H30O2. The zero-order valence-electron chi connectivity index (χ0n) is 16.6. The summed E-state index contributed by atoms with van der Waals surface area (Å²) in [5, 5.41) is 19.6. The highest BCUT2D eigenvalue weighted by Crippen LogP contribution is 2.40. The molecule has 0 saturated heterocycles. The summed E-state index contributed by atoms with van der Waals surface area (Å²) in [5.74, 6) is 6.34. The van der Waals surface area contributed by atoms with Crippen molar-refractivity contribution in [1.82, 2.24) is 0 Å². The largest absolute Gasteiger partial charge is 0.508 e. The van der Waals surface area contributed by atoms with Crippen molar-refractivity contribution in [3.63, 3.8) is 0 Å². The normalized spacial score (nSPS) is 12.4. The highest BCUT2D eigenvalue weighted by atomic mass is 16.3. The first kappa shape index (κ1) is 20.1. The minimum atomic E-state index is -0.570. The Labute approximate surface area is 157 Å². The van der Waals surface area contributed by atoms with Crippen molar-refractivity contribution in [3.8, 4) is 17.6 Å². The van der Waals surface area contributed by atoms with Crippen LogP contribution in [0.1, 0.15) is 67.9 Å². The Balaban J connectivity index is 2.51. The van der Waals surface area contributed by atoms with Gasteiger partial charge in [-0.1, -0.05) is 56.9 Å². The molecule has 0 radical (unpaired) electrons. The molecule has 2 N–H and O–H groups in total. The molecule has 2 nitrogen and oxygen atoms in total. The second-order valence-electron chi connectivity index (χ2n) is 7.01. The summed E-state index contributed by atoms with van der Waals surface area (Å²) in [7, 11) is 0. The van der Waals surface area contributed by atoms with Crippen molar-refractivity contribution in [2.75, 3.05) is 0 Å². The summed E-state index contributed by atoms with van der Waals surface area (Å²) in [6.45, 7) is 10.4. The Kier molecular flexibility index (Phi) is 6.51. The van der Waals surface area contributed by atoms with E-state index in [0.29, 0.717) is 12.2 Å². The smallest absolute Gasteiger partial charge is 0.118 e. The molecule has 2 heteroatoms. The lowest BCUT2D eigenvalue weighted by molar-refractivity contribution is 0.228. The summed E-state index contributed by atoms with van der Waals surface area (Å²) in [6, 6.07) is 12.4. The van der Waals surface area contributed by atoms with Gasteiger partial charge in [0.25, 0.3) is 0 Å². The second-order valence-corrected chi connectivity index (χ2v) is 7.01. The van der Waals surface area contributed by atoms with Crippen molar-refractivity contribution >= 4 is 0 Å². The summed E-state index contributed by atoms with van der Waals surface area (Å²) in [6.07, 6.45) is 2.03. The van der Waals surface area contributed by atoms with E-state index in [1.807, 2.05) is 19.9 Å². The molecule has 0 aliphatic carbocycles. The molecule has 1 unspecified atom stereocenters. The number of benzene rings is 2. The van der Waals surface area contributed by atoms with Gasteiger partial charge in [-0.25, -0.2) is 0 Å². The highest BCUT2D eigenvalue weighted by molar-refractivity contribution is 5.49. The average molecular weight is 351 g/mol. The molecule has 0 heterocycles. The SMILES string of the molecule is CCC(O)C#Cc1ccc(C(CC)(CC)c2ccc(O)c(C)c2)cc1C. The van der Waals surface area contributed by atoms with Crippen LogP contribution in [-0.4, -0.2) is 16.3 Å². The number of rotatable bonds is 5. The summed E-state index contributed by atoms with van der Waals surface area (Å²) >= 11 is 0. The predicted molar refractivity (Wildman–Crippen MR) is 109 cm³/mol. The van der Waals surface area contributed by atoms with Crippen molar-refractivity contribution in [2.45, 2.75) is 65.4 Å². The molecule has 2 rings (SSSR count). The maximum absolute atomic E-state index is 9.89. The average Bonchev–Trinajstić information content (AvgIpc) is 2.65. The van der Waals surface area contributed by atoms with E-state index in [0.717, 1.165) is 29.5 Å². The van der Waals surface area contributed by atoms with E-state index >= 15 is 0 Å². The van der Waals surface area contributed by atoms with Crippen LogP contribution in [0.25, 0.3) is 0 Å². The van der Waals surface area contributed by atoms with Gasteiger partial charge in [-0.3, -0.25) is 0 Å². The van der Waals surface area contributed by atoms with E-state index in [-0.39, 0.29) is 5.41 Å². The van der Waals surface area contributed by atoms with Crippen molar-refractivity contribution in [1.29, 1.82) is 0 Å². The number of aromatic hydroxyl groups is 1. The Hall–Kier alpha value is -2.24. The minimum Gasteiger partial charge on any atom is -0.508 e. The first-order valence-electron chi connectivity index (χ1n) is 9.48. The van der Waals surface area contributed by atoms with Crippen LogP contribution >= 0.6 is 0 Å². The first-order valence-corrected chi connectivity index (χ1v) is 9.48. The van der Waals surface area contributed by atoms with E-state index in [2.05, 4.69) is 56.9 Å². The molecule has 0 fully saturated rings. The Morgan fingerprint density at radius 2 is 1.50 bits per heavy atom. The minimum absolute atomic E-state index is 0.0852. The number of hydrogen-bond acceptors (Lipinski definition) is 2. The van der Waals surface area contributed by atoms with Gasteiger partial charge in [-0.2, -0.15) is 0 Å². The molecule has 0 aliphatic rings. The number of aryl methyl sites for hydroxylation is 2. The monoisotopic (exact) mass is 350 g/mol. The molecule has 0 aromatic heterocycles. The van der Waals surface area contributed by atoms with Crippen LogP contribution < -0.4 is 0 Å². The standard InChI is InChI=1S/C24H30O2/c1-6-22(25)13-10-19-9-11-20(15-17(19)4)24(7-2,8-3)21-12-14-23(26)18(5)16-21/h9,11-12,14-16,22,25-26H,6-8H2,1-5H3. The third-order valence-electron chi connectivity index (χ3n) is 5.50. The molecule has 0 spiro atoms. The quantitative estimate of drug-likeness (QED) is 0.724. The topological polar surface area (TPSA) is 40.5 Å². The molecule has 1 atom stereocenters. The van der Waals surface area contributed by atoms with Gasteiger partial charge >= 0.3 is 0 Å². The lowest BCUT2D eigenvalue weighted by atomic mass is 9.70. The molecule has 26 heavy (non-hydrogen) atoms. The number of aliphatic hydroxyl groups excluding tert-OH is 1.